The Balaban J connectivity index is 1.50. The predicted octanol–water partition coefficient (Wildman–Crippen LogP) is 4.59. The standard InChI is InChI=1S/C25H33N5O2/c1-16(2)30-24-22(15-26-30)21(14-23(27-24)20-13-17(3)32-18(20)4)25(31)29-11-9-28(10-12-29)19-7-5-6-8-19/h13-16,19H,5-12H2,1-4H3. The first-order valence-corrected chi connectivity index (χ1v) is 11.9. The molecule has 1 aliphatic heterocycles. The molecule has 0 atom stereocenters. The highest BCUT2D eigenvalue weighted by molar-refractivity contribution is 6.06. The van der Waals surface area contributed by atoms with Crippen molar-refractivity contribution >= 4 is 16.9 Å². The van der Waals surface area contributed by atoms with Gasteiger partial charge in [0.25, 0.3) is 5.91 Å². The Morgan fingerprint density at radius 1 is 1.09 bits per heavy atom. The summed E-state index contributed by atoms with van der Waals surface area (Å²) in [4.78, 5) is 23.2. The number of carbonyl (C=O) groups excluding carboxylic acids is 1. The molecule has 0 unspecified atom stereocenters. The van der Waals surface area contributed by atoms with Gasteiger partial charge in [0.05, 0.1) is 22.8 Å². The van der Waals surface area contributed by atoms with Crippen LogP contribution in [0.25, 0.3) is 22.3 Å². The Morgan fingerprint density at radius 3 is 2.44 bits per heavy atom. The fourth-order valence-electron chi connectivity index (χ4n) is 5.33. The molecule has 170 valence electrons. The van der Waals surface area contributed by atoms with Crippen LogP contribution in [0.2, 0.25) is 0 Å². The summed E-state index contributed by atoms with van der Waals surface area (Å²) in [6.45, 7) is 11.5. The summed E-state index contributed by atoms with van der Waals surface area (Å²) >= 11 is 0. The highest BCUT2D eigenvalue weighted by atomic mass is 16.3. The number of rotatable bonds is 4. The molecule has 1 saturated heterocycles. The Bertz CT molecular complexity index is 1130. The number of pyridine rings is 1. The van der Waals surface area contributed by atoms with Crippen LogP contribution in [0.5, 0.6) is 0 Å². The maximum Gasteiger partial charge on any atom is 0.254 e. The van der Waals surface area contributed by atoms with Crippen molar-refractivity contribution in [1.29, 1.82) is 0 Å². The van der Waals surface area contributed by atoms with Gasteiger partial charge in [-0.05, 0) is 52.7 Å². The molecule has 0 N–H and O–H groups in total. The first-order valence-electron chi connectivity index (χ1n) is 11.9. The van der Waals surface area contributed by atoms with Crippen molar-refractivity contribution < 1.29 is 9.21 Å². The molecular formula is C25H33N5O2. The fraction of sp³-hybridized carbons (Fsp3) is 0.560. The molecule has 0 bridgehead atoms. The summed E-state index contributed by atoms with van der Waals surface area (Å²) in [5.74, 6) is 1.73. The lowest BCUT2D eigenvalue weighted by atomic mass is 10.1. The van der Waals surface area contributed by atoms with Gasteiger partial charge in [0.2, 0.25) is 0 Å². The molecular weight excluding hydrogens is 402 g/mol. The van der Waals surface area contributed by atoms with Crippen molar-refractivity contribution in [3.8, 4) is 11.3 Å². The molecule has 5 rings (SSSR count). The molecule has 0 spiro atoms. The minimum atomic E-state index is 0.0749. The van der Waals surface area contributed by atoms with Crippen LogP contribution in [-0.2, 0) is 0 Å². The van der Waals surface area contributed by atoms with E-state index in [1.807, 2.05) is 35.6 Å². The van der Waals surface area contributed by atoms with Crippen molar-refractivity contribution in [2.24, 2.45) is 0 Å². The molecule has 1 amide bonds. The van der Waals surface area contributed by atoms with Crippen molar-refractivity contribution in [3.63, 3.8) is 0 Å². The first-order chi connectivity index (χ1) is 15.4. The molecule has 7 nitrogen and oxygen atoms in total. The highest BCUT2D eigenvalue weighted by Crippen LogP contribution is 2.31. The molecule has 7 heteroatoms. The molecule has 2 aliphatic rings. The van der Waals surface area contributed by atoms with Crippen LogP contribution in [0.3, 0.4) is 0 Å². The van der Waals surface area contributed by atoms with Crippen LogP contribution in [0.1, 0.15) is 67.5 Å². The third kappa shape index (κ3) is 3.72. The summed E-state index contributed by atoms with van der Waals surface area (Å²) in [7, 11) is 0. The number of furan rings is 1. The predicted molar refractivity (Wildman–Crippen MR) is 125 cm³/mol. The minimum Gasteiger partial charge on any atom is -0.466 e. The second-order valence-corrected chi connectivity index (χ2v) is 9.57. The number of aryl methyl sites for hydroxylation is 2. The zero-order valence-electron chi connectivity index (χ0n) is 19.6. The summed E-state index contributed by atoms with van der Waals surface area (Å²) < 4.78 is 7.65. The SMILES string of the molecule is Cc1cc(-c2cc(C(=O)N3CCN(C4CCCC4)CC3)c3cnn(C(C)C)c3n2)c(C)o1. The average Bonchev–Trinajstić information content (AvgIpc) is 3.52. The van der Waals surface area contributed by atoms with Crippen molar-refractivity contribution in [2.45, 2.75) is 65.5 Å². The number of piperazine rings is 1. The topological polar surface area (TPSA) is 67.4 Å². The summed E-state index contributed by atoms with van der Waals surface area (Å²) in [5, 5.41) is 5.38. The van der Waals surface area contributed by atoms with E-state index in [0.29, 0.717) is 11.6 Å². The Kier molecular flexibility index (Phi) is 5.53. The van der Waals surface area contributed by atoms with Gasteiger partial charge in [0.15, 0.2) is 5.65 Å². The van der Waals surface area contributed by atoms with Crippen molar-refractivity contribution in [1.82, 2.24) is 24.6 Å². The average molecular weight is 436 g/mol. The van der Waals surface area contributed by atoms with E-state index in [1.165, 1.54) is 25.7 Å². The molecule has 32 heavy (non-hydrogen) atoms. The first kappa shape index (κ1) is 21.2. The van der Waals surface area contributed by atoms with Crippen LogP contribution >= 0.6 is 0 Å². The number of amides is 1. The van der Waals surface area contributed by atoms with Gasteiger partial charge in [0, 0.05) is 43.8 Å². The fourth-order valence-corrected chi connectivity index (χ4v) is 5.33. The quantitative estimate of drug-likeness (QED) is 0.600. The van der Waals surface area contributed by atoms with Gasteiger partial charge in [0.1, 0.15) is 11.5 Å². The number of carbonyl (C=O) groups is 1. The van der Waals surface area contributed by atoms with Gasteiger partial charge in [-0.3, -0.25) is 9.69 Å². The normalized spacial score (nSPS) is 18.3. The highest BCUT2D eigenvalue weighted by Gasteiger charge is 2.30. The zero-order valence-corrected chi connectivity index (χ0v) is 19.6. The van der Waals surface area contributed by atoms with Gasteiger partial charge >= 0.3 is 0 Å². The third-order valence-electron chi connectivity index (χ3n) is 7.05. The van der Waals surface area contributed by atoms with Crippen LogP contribution < -0.4 is 0 Å². The molecule has 4 heterocycles. The summed E-state index contributed by atoms with van der Waals surface area (Å²) in [6.07, 6.45) is 7.09. The monoisotopic (exact) mass is 435 g/mol. The second-order valence-electron chi connectivity index (χ2n) is 9.57. The van der Waals surface area contributed by atoms with E-state index in [-0.39, 0.29) is 11.9 Å². The van der Waals surface area contributed by atoms with Crippen LogP contribution in [-0.4, -0.2) is 62.7 Å². The van der Waals surface area contributed by atoms with E-state index in [2.05, 4.69) is 23.8 Å². The molecule has 1 saturated carbocycles. The smallest absolute Gasteiger partial charge is 0.254 e. The van der Waals surface area contributed by atoms with Gasteiger partial charge < -0.3 is 9.32 Å². The van der Waals surface area contributed by atoms with Gasteiger partial charge in [-0.25, -0.2) is 9.67 Å². The van der Waals surface area contributed by atoms with E-state index in [4.69, 9.17) is 9.40 Å². The van der Waals surface area contributed by atoms with Crippen molar-refractivity contribution in [3.05, 3.63) is 35.4 Å². The number of hydrogen-bond donors (Lipinski definition) is 0. The maximum absolute atomic E-state index is 13.7. The lowest BCUT2D eigenvalue weighted by Crippen LogP contribution is -2.51. The molecule has 0 aromatic carbocycles. The molecule has 3 aromatic heterocycles. The molecule has 3 aromatic rings. The van der Waals surface area contributed by atoms with Crippen LogP contribution in [0.4, 0.5) is 0 Å². The van der Waals surface area contributed by atoms with E-state index in [0.717, 1.165) is 60.0 Å². The number of aromatic nitrogens is 3. The second kappa shape index (κ2) is 8.35. The Labute approximate surface area is 189 Å². The number of nitrogens with zero attached hydrogens (tertiary/aromatic N) is 5. The minimum absolute atomic E-state index is 0.0749. The Hall–Kier alpha value is -2.67. The van der Waals surface area contributed by atoms with E-state index < -0.39 is 0 Å². The Morgan fingerprint density at radius 2 is 1.81 bits per heavy atom. The largest absolute Gasteiger partial charge is 0.466 e. The van der Waals surface area contributed by atoms with Crippen LogP contribution in [0.15, 0.2) is 22.7 Å². The van der Waals surface area contributed by atoms with Crippen LogP contribution in [0, 0.1) is 13.8 Å². The lowest BCUT2D eigenvalue weighted by molar-refractivity contribution is 0.0575. The third-order valence-corrected chi connectivity index (χ3v) is 7.05. The van der Waals surface area contributed by atoms with Crippen molar-refractivity contribution in [2.75, 3.05) is 26.2 Å². The van der Waals surface area contributed by atoms with Gasteiger partial charge in [-0.1, -0.05) is 12.8 Å². The molecule has 1 aliphatic carbocycles. The lowest BCUT2D eigenvalue weighted by Gasteiger charge is -2.38. The summed E-state index contributed by atoms with van der Waals surface area (Å²) in [6, 6.07) is 4.79. The van der Waals surface area contributed by atoms with E-state index in [9.17, 15) is 4.79 Å². The molecule has 2 fully saturated rings. The van der Waals surface area contributed by atoms with E-state index >= 15 is 0 Å². The number of hydrogen-bond acceptors (Lipinski definition) is 5. The zero-order chi connectivity index (χ0) is 22.4. The number of fused-ring (bicyclic) bond motifs is 1. The summed E-state index contributed by atoms with van der Waals surface area (Å²) in [5.41, 5.74) is 3.14. The molecule has 0 radical (unpaired) electrons. The van der Waals surface area contributed by atoms with Gasteiger partial charge in [-0.15, -0.1) is 0 Å². The maximum atomic E-state index is 13.7. The van der Waals surface area contributed by atoms with E-state index in [1.54, 1.807) is 6.20 Å². The van der Waals surface area contributed by atoms with Gasteiger partial charge in [-0.2, -0.15) is 5.10 Å².